The van der Waals surface area contributed by atoms with Crippen LogP contribution in [0.5, 0.6) is 0 Å². The van der Waals surface area contributed by atoms with Crippen LogP contribution in [0.2, 0.25) is 0 Å². The fourth-order valence-electron chi connectivity index (χ4n) is 4.60. The van der Waals surface area contributed by atoms with E-state index in [0.29, 0.717) is 6.42 Å². The van der Waals surface area contributed by atoms with Gasteiger partial charge in [-0.05, 0) is 69.1 Å². The molecular formula is C19H33F. The second-order valence-electron chi connectivity index (χ2n) is 7.39. The van der Waals surface area contributed by atoms with Gasteiger partial charge in [0.2, 0.25) is 0 Å². The highest BCUT2D eigenvalue weighted by Crippen LogP contribution is 2.45. The predicted molar refractivity (Wildman–Crippen MR) is 85.6 cm³/mol. The Hall–Kier alpha value is -0.330. The summed E-state index contributed by atoms with van der Waals surface area (Å²) in [5.74, 6) is 2.73. The molecule has 0 unspecified atom stereocenters. The average molecular weight is 280 g/mol. The molecule has 0 saturated heterocycles. The SMILES string of the molecule is C=CCCC1(F)CCC(C2CCC(CCC)CC2)CC1. The van der Waals surface area contributed by atoms with Gasteiger partial charge in [0.1, 0.15) is 5.67 Å². The summed E-state index contributed by atoms with van der Waals surface area (Å²) in [6.45, 7) is 6.02. The Kier molecular flexibility index (Phi) is 6.11. The molecule has 2 saturated carbocycles. The average Bonchev–Trinajstić information content (AvgIpc) is 2.47. The molecule has 1 heteroatoms. The highest BCUT2D eigenvalue weighted by atomic mass is 19.1. The molecule has 2 fully saturated rings. The molecule has 0 aromatic carbocycles. The Morgan fingerprint density at radius 2 is 1.65 bits per heavy atom. The first kappa shape index (κ1) is 16.0. The minimum absolute atomic E-state index is 0.701. The van der Waals surface area contributed by atoms with E-state index in [-0.39, 0.29) is 0 Å². The van der Waals surface area contributed by atoms with Crippen LogP contribution in [0.1, 0.15) is 84.0 Å². The minimum Gasteiger partial charge on any atom is -0.244 e. The lowest BCUT2D eigenvalue weighted by molar-refractivity contribution is 0.0484. The van der Waals surface area contributed by atoms with Crippen LogP contribution >= 0.6 is 0 Å². The molecule has 0 spiro atoms. The second-order valence-corrected chi connectivity index (χ2v) is 7.39. The summed E-state index contributed by atoms with van der Waals surface area (Å²) >= 11 is 0. The number of alkyl halides is 1. The number of allylic oxidation sites excluding steroid dienone is 1. The third-order valence-corrected chi connectivity index (χ3v) is 5.98. The number of rotatable bonds is 6. The molecule has 2 aliphatic carbocycles. The van der Waals surface area contributed by atoms with E-state index in [2.05, 4.69) is 13.5 Å². The van der Waals surface area contributed by atoms with E-state index in [1.807, 2.05) is 6.08 Å². The molecule has 0 nitrogen and oxygen atoms in total. The maximum atomic E-state index is 14.6. The van der Waals surface area contributed by atoms with Gasteiger partial charge in [-0.2, -0.15) is 0 Å². The van der Waals surface area contributed by atoms with Crippen LogP contribution in [0.3, 0.4) is 0 Å². The summed E-state index contributed by atoms with van der Waals surface area (Å²) in [5.41, 5.74) is -0.871. The Morgan fingerprint density at radius 1 is 1.05 bits per heavy atom. The van der Waals surface area contributed by atoms with Crippen LogP contribution in [0.4, 0.5) is 4.39 Å². The summed E-state index contributed by atoms with van der Waals surface area (Å²) in [5, 5.41) is 0. The van der Waals surface area contributed by atoms with E-state index in [9.17, 15) is 4.39 Å². The van der Waals surface area contributed by atoms with Crippen molar-refractivity contribution in [1.82, 2.24) is 0 Å². The molecule has 0 bridgehead atoms. The quantitative estimate of drug-likeness (QED) is 0.490. The molecule has 116 valence electrons. The molecule has 20 heavy (non-hydrogen) atoms. The first-order chi connectivity index (χ1) is 9.67. The van der Waals surface area contributed by atoms with Crippen molar-refractivity contribution in [1.29, 1.82) is 0 Å². The minimum atomic E-state index is -0.871. The summed E-state index contributed by atoms with van der Waals surface area (Å²) in [7, 11) is 0. The molecule has 0 aromatic rings. The van der Waals surface area contributed by atoms with Gasteiger partial charge in [0, 0.05) is 0 Å². The molecule has 0 aromatic heterocycles. The zero-order chi connectivity index (χ0) is 14.4. The van der Waals surface area contributed by atoms with Gasteiger partial charge in [0.25, 0.3) is 0 Å². The van der Waals surface area contributed by atoms with E-state index in [0.717, 1.165) is 49.9 Å². The van der Waals surface area contributed by atoms with Crippen molar-refractivity contribution in [2.45, 2.75) is 89.6 Å². The second kappa shape index (κ2) is 7.61. The molecular weight excluding hydrogens is 247 g/mol. The highest BCUT2D eigenvalue weighted by molar-refractivity contribution is 4.90. The van der Waals surface area contributed by atoms with Gasteiger partial charge in [-0.1, -0.05) is 38.7 Å². The summed E-state index contributed by atoms with van der Waals surface area (Å²) < 4.78 is 14.6. The first-order valence-electron chi connectivity index (χ1n) is 8.96. The standard InChI is InChI=1S/C19H33F/c1-3-5-13-19(20)14-11-18(12-15-19)17-9-7-16(6-4-2)8-10-17/h3,16-18H,1,4-15H2,2H3. The molecule has 0 N–H and O–H groups in total. The lowest BCUT2D eigenvalue weighted by Gasteiger charge is -2.40. The Morgan fingerprint density at radius 3 is 2.20 bits per heavy atom. The van der Waals surface area contributed by atoms with E-state index >= 15 is 0 Å². The van der Waals surface area contributed by atoms with Crippen LogP contribution in [0.25, 0.3) is 0 Å². The van der Waals surface area contributed by atoms with Crippen LogP contribution < -0.4 is 0 Å². The Bertz CT molecular complexity index is 280. The van der Waals surface area contributed by atoms with Crippen molar-refractivity contribution in [2.75, 3.05) is 0 Å². The Balaban J connectivity index is 1.73. The number of hydrogen-bond acceptors (Lipinski definition) is 0. The van der Waals surface area contributed by atoms with Gasteiger partial charge in [-0.15, -0.1) is 6.58 Å². The van der Waals surface area contributed by atoms with Gasteiger partial charge in [0.15, 0.2) is 0 Å². The van der Waals surface area contributed by atoms with E-state index < -0.39 is 5.67 Å². The summed E-state index contributed by atoms with van der Waals surface area (Å²) in [6, 6.07) is 0. The van der Waals surface area contributed by atoms with Crippen molar-refractivity contribution in [3.8, 4) is 0 Å². The molecule has 0 aliphatic heterocycles. The van der Waals surface area contributed by atoms with E-state index in [1.54, 1.807) is 0 Å². The molecule has 0 atom stereocenters. The number of halogens is 1. The van der Waals surface area contributed by atoms with E-state index in [4.69, 9.17) is 0 Å². The smallest absolute Gasteiger partial charge is 0.111 e. The van der Waals surface area contributed by atoms with Gasteiger partial charge in [-0.3, -0.25) is 0 Å². The van der Waals surface area contributed by atoms with Gasteiger partial charge in [0.05, 0.1) is 0 Å². The lowest BCUT2D eigenvalue weighted by Crippen LogP contribution is -2.33. The van der Waals surface area contributed by atoms with Crippen molar-refractivity contribution >= 4 is 0 Å². The van der Waals surface area contributed by atoms with Crippen LogP contribution in [-0.4, -0.2) is 5.67 Å². The normalized spacial score (nSPS) is 38.6. The molecule has 0 heterocycles. The monoisotopic (exact) mass is 280 g/mol. The summed E-state index contributed by atoms with van der Waals surface area (Å²) in [4.78, 5) is 0. The Labute approximate surface area is 125 Å². The number of hydrogen-bond donors (Lipinski definition) is 0. The van der Waals surface area contributed by atoms with Crippen LogP contribution in [-0.2, 0) is 0 Å². The summed E-state index contributed by atoms with van der Waals surface area (Å²) in [6.07, 6.45) is 15.8. The van der Waals surface area contributed by atoms with Gasteiger partial charge < -0.3 is 0 Å². The third-order valence-electron chi connectivity index (χ3n) is 5.98. The zero-order valence-electron chi connectivity index (χ0n) is 13.4. The highest BCUT2D eigenvalue weighted by Gasteiger charge is 2.37. The van der Waals surface area contributed by atoms with Crippen molar-refractivity contribution in [2.24, 2.45) is 17.8 Å². The van der Waals surface area contributed by atoms with Gasteiger partial charge in [-0.25, -0.2) is 4.39 Å². The van der Waals surface area contributed by atoms with Crippen molar-refractivity contribution < 1.29 is 4.39 Å². The zero-order valence-corrected chi connectivity index (χ0v) is 13.4. The van der Waals surface area contributed by atoms with Crippen LogP contribution in [0, 0.1) is 17.8 Å². The topological polar surface area (TPSA) is 0 Å². The molecule has 0 amide bonds. The predicted octanol–water partition coefficient (Wildman–Crippen LogP) is 6.46. The lowest BCUT2D eigenvalue weighted by atomic mass is 9.67. The third kappa shape index (κ3) is 4.33. The fourth-order valence-corrected chi connectivity index (χ4v) is 4.60. The van der Waals surface area contributed by atoms with Crippen molar-refractivity contribution in [3.05, 3.63) is 12.7 Å². The van der Waals surface area contributed by atoms with Crippen molar-refractivity contribution in [3.63, 3.8) is 0 Å². The maximum Gasteiger partial charge on any atom is 0.111 e. The first-order valence-corrected chi connectivity index (χ1v) is 8.96. The molecule has 2 aliphatic rings. The maximum absolute atomic E-state index is 14.6. The fraction of sp³-hybridized carbons (Fsp3) is 0.895. The van der Waals surface area contributed by atoms with Crippen LogP contribution in [0.15, 0.2) is 12.7 Å². The van der Waals surface area contributed by atoms with Gasteiger partial charge >= 0.3 is 0 Å². The largest absolute Gasteiger partial charge is 0.244 e. The van der Waals surface area contributed by atoms with E-state index in [1.165, 1.54) is 38.5 Å². The molecule has 2 rings (SSSR count). The molecule has 0 radical (unpaired) electrons.